The van der Waals surface area contributed by atoms with Crippen LogP contribution in [0, 0.1) is 0 Å². The second-order valence-corrected chi connectivity index (χ2v) is 17.6. The lowest BCUT2D eigenvalue weighted by Crippen LogP contribution is -2.05. The number of aryl methyl sites for hydroxylation is 1. The monoisotopic (exact) mass is 843 g/mol. The first kappa shape index (κ1) is 35.7. The quantitative estimate of drug-likeness (QED) is 0.177. The number of rotatable bonds is 4. The smallest absolute Gasteiger partial charge is 0.238 e. The highest BCUT2D eigenvalue weighted by Crippen LogP contribution is 2.49. The van der Waals surface area contributed by atoms with Gasteiger partial charge in [-0.05, 0) is 89.3 Å². The van der Waals surface area contributed by atoms with Crippen LogP contribution < -0.4 is 0 Å². The lowest BCUT2D eigenvalue weighted by atomic mass is 9.88. The van der Waals surface area contributed by atoms with Gasteiger partial charge in [0, 0.05) is 54.6 Å². The van der Waals surface area contributed by atoms with Crippen molar-refractivity contribution in [2.45, 2.75) is 12.8 Å². The van der Waals surface area contributed by atoms with Crippen LogP contribution in [-0.2, 0) is 6.42 Å². The van der Waals surface area contributed by atoms with E-state index in [1.807, 2.05) is 12.1 Å². The van der Waals surface area contributed by atoms with Gasteiger partial charge in [-0.25, -0.2) is 4.98 Å². The van der Waals surface area contributed by atoms with Crippen LogP contribution in [0.15, 0.2) is 199 Å². The summed E-state index contributed by atoms with van der Waals surface area (Å²) >= 11 is 0. The third-order valence-corrected chi connectivity index (χ3v) is 14.1. The van der Waals surface area contributed by atoms with Gasteiger partial charge in [-0.15, -0.1) is 0 Å². The molecule has 0 unspecified atom stereocenters. The number of fused-ring (bicyclic) bond motifs is 18. The van der Waals surface area contributed by atoms with Crippen LogP contribution in [-0.4, -0.2) is 23.7 Å². The molecule has 6 nitrogen and oxygen atoms in total. The topological polar surface area (TPSA) is 53.7 Å². The van der Waals surface area contributed by atoms with Gasteiger partial charge in [0.2, 0.25) is 11.7 Å². The normalized spacial score (nSPS) is 13.0. The van der Waals surface area contributed by atoms with Gasteiger partial charge >= 0.3 is 0 Å². The Morgan fingerprint density at radius 2 is 1.09 bits per heavy atom. The zero-order chi connectivity index (χ0) is 43.0. The predicted octanol–water partition coefficient (Wildman–Crippen LogP) is 15.4. The molecule has 0 bridgehead atoms. The van der Waals surface area contributed by atoms with Crippen molar-refractivity contribution in [2.24, 2.45) is 0 Å². The maximum atomic E-state index is 6.79. The second kappa shape index (κ2) is 13.4. The van der Waals surface area contributed by atoms with E-state index in [2.05, 4.69) is 202 Å². The van der Waals surface area contributed by atoms with E-state index in [4.69, 9.17) is 14.4 Å². The van der Waals surface area contributed by atoms with Crippen LogP contribution in [0.1, 0.15) is 17.5 Å². The average Bonchev–Trinajstić information content (AvgIpc) is 4.13. The first-order chi connectivity index (χ1) is 32.8. The van der Waals surface area contributed by atoms with Crippen LogP contribution >= 0.6 is 0 Å². The van der Waals surface area contributed by atoms with Gasteiger partial charge in [0.15, 0.2) is 0 Å². The number of hydrogen-bond donors (Lipinski definition) is 0. The van der Waals surface area contributed by atoms with E-state index in [0.717, 1.165) is 84.8 Å². The van der Waals surface area contributed by atoms with Gasteiger partial charge in [-0.2, -0.15) is 4.98 Å². The molecule has 0 atom stereocenters. The fraction of sp³-hybridized carbons (Fsp3) is 0.0333. The van der Waals surface area contributed by atoms with E-state index < -0.39 is 0 Å². The number of para-hydroxylation sites is 5. The summed E-state index contributed by atoms with van der Waals surface area (Å²) in [6.07, 6.45) is 6.64. The lowest BCUT2D eigenvalue weighted by Gasteiger charge is -2.17. The van der Waals surface area contributed by atoms with Crippen LogP contribution in [0.2, 0.25) is 0 Å². The molecule has 0 amide bonds. The maximum Gasteiger partial charge on any atom is 0.238 e. The van der Waals surface area contributed by atoms with Crippen LogP contribution in [0.25, 0.3) is 133 Å². The largest absolute Gasteiger partial charge is 0.437 e. The number of furan rings is 1. The van der Waals surface area contributed by atoms with Gasteiger partial charge in [0.25, 0.3) is 0 Å². The first-order valence-corrected chi connectivity index (χ1v) is 22.7. The summed E-state index contributed by atoms with van der Waals surface area (Å²) in [6.45, 7) is 0. The third-order valence-electron chi connectivity index (χ3n) is 14.1. The molecule has 0 saturated carbocycles. The molecule has 5 heterocycles. The van der Waals surface area contributed by atoms with E-state index in [-0.39, 0.29) is 0 Å². The minimum absolute atomic E-state index is 0.550. The van der Waals surface area contributed by atoms with E-state index in [9.17, 15) is 0 Å². The van der Waals surface area contributed by atoms with Gasteiger partial charge in [0.1, 0.15) is 5.58 Å². The van der Waals surface area contributed by atoms with Crippen molar-refractivity contribution >= 4 is 104 Å². The second-order valence-electron chi connectivity index (χ2n) is 17.6. The Kier molecular flexibility index (Phi) is 7.24. The predicted molar refractivity (Wildman–Crippen MR) is 273 cm³/mol. The molecule has 0 saturated heterocycles. The molecule has 0 radical (unpaired) electrons. The molecule has 5 aromatic heterocycles. The zero-order valence-corrected chi connectivity index (χ0v) is 35.6. The van der Waals surface area contributed by atoms with Crippen molar-refractivity contribution in [3.8, 4) is 28.6 Å². The van der Waals surface area contributed by atoms with E-state index in [0.29, 0.717) is 11.7 Å². The summed E-state index contributed by atoms with van der Waals surface area (Å²) in [5.74, 6) is 0.558. The minimum Gasteiger partial charge on any atom is -0.437 e. The standard InChI is InChI=1S/C60H37N5O/c1-3-18-38(19-4-1)63-47-28-14-11-23-41(47)42-33-31-37(35-50(42)63)56-55-46-27-13-16-30-51(46)66-59(55)62-60(61-56)65-48-29-15-12-26-45(48)52-43-24-9-10-25-44(43)54-53-40-22-8-7-17-36(40)32-34-49(53)64(58(54)57(52)65)39-20-5-2-6-21-39/h1-9,11-24,26-35H,10,25H2. The van der Waals surface area contributed by atoms with Crippen molar-refractivity contribution in [1.29, 1.82) is 0 Å². The Morgan fingerprint density at radius 3 is 1.91 bits per heavy atom. The minimum atomic E-state index is 0.550. The number of nitrogens with zero attached hydrogens (tertiary/aromatic N) is 5. The molecule has 6 heteroatoms. The van der Waals surface area contributed by atoms with Gasteiger partial charge in [0.05, 0.1) is 44.2 Å². The van der Waals surface area contributed by atoms with E-state index in [1.165, 1.54) is 54.3 Å². The van der Waals surface area contributed by atoms with E-state index in [1.54, 1.807) is 0 Å². The molecule has 0 fully saturated rings. The highest BCUT2D eigenvalue weighted by molar-refractivity contribution is 6.31. The number of benzene rings is 9. The van der Waals surface area contributed by atoms with Crippen LogP contribution in [0.4, 0.5) is 0 Å². The molecular formula is C60H37N5O. The summed E-state index contributed by atoms with van der Waals surface area (Å²) in [7, 11) is 0. The average molecular weight is 844 g/mol. The molecule has 0 spiro atoms. The molecular weight excluding hydrogens is 807 g/mol. The molecule has 0 N–H and O–H groups in total. The zero-order valence-electron chi connectivity index (χ0n) is 35.6. The number of hydrogen-bond acceptors (Lipinski definition) is 3. The Labute approximate surface area is 377 Å². The van der Waals surface area contributed by atoms with Crippen molar-refractivity contribution in [2.75, 3.05) is 0 Å². The molecule has 66 heavy (non-hydrogen) atoms. The fourth-order valence-corrected chi connectivity index (χ4v) is 11.4. The molecule has 14 aromatic rings. The number of allylic oxidation sites excluding steroid dienone is 1. The maximum absolute atomic E-state index is 6.79. The van der Waals surface area contributed by atoms with E-state index >= 15 is 0 Å². The van der Waals surface area contributed by atoms with Crippen molar-refractivity contribution in [1.82, 2.24) is 23.7 Å². The van der Waals surface area contributed by atoms with Crippen LogP contribution in [0.5, 0.6) is 0 Å². The first-order valence-electron chi connectivity index (χ1n) is 22.7. The molecule has 0 aliphatic heterocycles. The van der Waals surface area contributed by atoms with Gasteiger partial charge in [-0.3, -0.25) is 4.57 Å². The van der Waals surface area contributed by atoms with Gasteiger partial charge in [-0.1, -0.05) is 146 Å². The Balaban J connectivity index is 1.13. The fourth-order valence-electron chi connectivity index (χ4n) is 11.4. The lowest BCUT2D eigenvalue weighted by molar-refractivity contribution is 0.651. The molecule has 1 aliphatic rings. The Hall–Kier alpha value is -8.74. The number of aromatic nitrogens is 5. The van der Waals surface area contributed by atoms with Crippen molar-refractivity contribution in [3.63, 3.8) is 0 Å². The van der Waals surface area contributed by atoms with Crippen LogP contribution in [0.3, 0.4) is 0 Å². The summed E-state index contributed by atoms with van der Waals surface area (Å²) < 4.78 is 14.0. The third kappa shape index (κ3) is 4.79. The van der Waals surface area contributed by atoms with Crippen molar-refractivity contribution < 1.29 is 4.42 Å². The Bertz CT molecular complexity index is 4390. The summed E-state index contributed by atoms with van der Waals surface area (Å²) in [5.41, 5.74) is 14.7. The molecule has 1 aliphatic carbocycles. The van der Waals surface area contributed by atoms with Crippen molar-refractivity contribution in [3.05, 3.63) is 205 Å². The summed E-state index contributed by atoms with van der Waals surface area (Å²) in [5, 5.41) is 11.7. The summed E-state index contributed by atoms with van der Waals surface area (Å²) in [6, 6.07) is 67.4. The highest BCUT2D eigenvalue weighted by Gasteiger charge is 2.30. The Morgan fingerprint density at radius 1 is 0.439 bits per heavy atom. The summed E-state index contributed by atoms with van der Waals surface area (Å²) in [4.78, 5) is 11.3. The highest BCUT2D eigenvalue weighted by atomic mass is 16.3. The van der Waals surface area contributed by atoms with Gasteiger partial charge < -0.3 is 13.6 Å². The molecule has 308 valence electrons. The SMILES string of the molecule is C1=Cc2c(c3c4c5ccccc5ccc4n(-c4ccccc4)c3c3c2c2ccccc2n3-c2nc(-c3ccc4c5ccccc5n(-c5ccccc5)c4c3)c3c(n2)oc2ccccc23)CC1. The molecule has 9 aromatic carbocycles. The molecule has 15 rings (SSSR count).